The molecule has 0 radical (unpaired) electrons. The standard InChI is InChI=1S/C16H22BrNO2/c1-10-11(2)14(9-15(17)12(10)3)16(19)20-13-5-7-18(4)8-6-13/h9,13H,5-8H2,1-4H3/p+1. The van der Waals surface area contributed by atoms with E-state index >= 15 is 0 Å². The van der Waals surface area contributed by atoms with Crippen molar-refractivity contribution in [3.63, 3.8) is 0 Å². The number of esters is 1. The molecule has 1 saturated heterocycles. The predicted molar refractivity (Wildman–Crippen MR) is 83.4 cm³/mol. The molecule has 0 spiro atoms. The number of rotatable bonds is 2. The molecule has 20 heavy (non-hydrogen) atoms. The Morgan fingerprint density at radius 2 is 1.80 bits per heavy atom. The van der Waals surface area contributed by atoms with Gasteiger partial charge in [0.15, 0.2) is 0 Å². The maximum Gasteiger partial charge on any atom is 0.338 e. The Morgan fingerprint density at radius 1 is 1.20 bits per heavy atom. The number of hydrogen-bond acceptors (Lipinski definition) is 2. The van der Waals surface area contributed by atoms with Crippen LogP contribution in [0.5, 0.6) is 0 Å². The fourth-order valence-electron chi connectivity index (χ4n) is 2.63. The third kappa shape index (κ3) is 3.23. The maximum absolute atomic E-state index is 12.4. The van der Waals surface area contributed by atoms with E-state index < -0.39 is 0 Å². The number of carbonyl (C=O) groups is 1. The van der Waals surface area contributed by atoms with E-state index in [1.807, 2.05) is 19.9 Å². The Balaban J connectivity index is 2.14. The van der Waals surface area contributed by atoms with Crippen LogP contribution in [-0.2, 0) is 4.74 Å². The van der Waals surface area contributed by atoms with E-state index in [4.69, 9.17) is 4.74 Å². The van der Waals surface area contributed by atoms with Gasteiger partial charge in [0.1, 0.15) is 6.10 Å². The number of benzene rings is 1. The van der Waals surface area contributed by atoms with Crippen molar-refractivity contribution >= 4 is 21.9 Å². The van der Waals surface area contributed by atoms with Crippen molar-refractivity contribution in [2.45, 2.75) is 39.7 Å². The number of piperidine rings is 1. The van der Waals surface area contributed by atoms with Gasteiger partial charge in [-0.3, -0.25) is 0 Å². The van der Waals surface area contributed by atoms with Crippen molar-refractivity contribution in [3.8, 4) is 0 Å². The van der Waals surface area contributed by atoms with Crippen LogP contribution in [0.4, 0.5) is 0 Å². The highest BCUT2D eigenvalue weighted by atomic mass is 79.9. The van der Waals surface area contributed by atoms with E-state index in [0.29, 0.717) is 5.56 Å². The van der Waals surface area contributed by atoms with Crippen molar-refractivity contribution in [2.75, 3.05) is 20.1 Å². The fraction of sp³-hybridized carbons (Fsp3) is 0.562. The van der Waals surface area contributed by atoms with Crippen LogP contribution < -0.4 is 4.90 Å². The van der Waals surface area contributed by atoms with Crippen LogP contribution >= 0.6 is 15.9 Å². The van der Waals surface area contributed by atoms with E-state index in [-0.39, 0.29) is 12.1 Å². The number of likely N-dealkylation sites (tertiary alicyclic amines) is 1. The van der Waals surface area contributed by atoms with Gasteiger partial charge in [0.05, 0.1) is 25.7 Å². The lowest BCUT2D eigenvalue weighted by atomic mass is 9.99. The molecule has 1 N–H and O–H groups in total. The summed E-state index contributed by atoms with van der Waals surface area (Å²) in [4.78, 5) is 13.9. The van der Waals surface area contributed by atoms with Crippen molar-refractivity contribution in [1.29, 1.82) is 0 Å². The lowest BCUT2D eigenvalue weighted by molar-refractivity contribution is -0.885. The van der Waals surface area contributed by atoms with Gasteiger partial charge in [0.2, 0.25) is 0 Å². The normalized spacial score (nSPS) is 22.6. The number of halogens is 1. The Bertz CT molecular complexity index is 520. The summed E-state index contributed by atoms with van der Waals surface area (Å²) in [6.07, 6.45) is 2.00. The molecule has 4 heteroatoms. The minimum absolute atomic E-state index is 0.0750. The molecule has 0 saturated carbocycles. The first-order valence-electron chi connectivity index (χ1n) is 7.18. The first-order valence-corrected chi connectivity index (χ1v) is 7.98. The molecule has 3 nitrogen and oxygen atoms in total. The molecule has 1 aliphatic rings. The van der Waals surface area contributed by atoms with Crippen LogP contribution in [0.2, 0.25) is 0 Å². The minimum Gasteiger partial charge on any atom is -0.458 e. The zero-order valence-corrected chi connectivity index (χ0v) is 14.3. The summed E-state index contributed by atoms with van der Waals surface area (Å²) < 4.78 is 6.66. The fourth-order valence-corrected chi connectivity index (χ4v) is 3.16. The lowest BCUT2D eigenvalue weighted by Crippen LogP contribution is -3.10. The first kappa shape index (κ1) is 15.5. The third-order valence-corrected chi connectivity index (χ3v) is 5.26. The van der Waals surface area contributed by atoms with Crippen molar-refractivity contribution in [2.24, 2.45) is 0 Å². The predicted octanol–water partition coefficient (Wildman–Crippen LogP) is 2.21. The van der Waals surface area contributed by atoms with Gasteiger partial charge < -0.3 is 9.64 Å². The zero-order chi connectivity index (χ0) is 14.9. The van der Waals surface area contributed by atoms with Crippen LogP contribution in [0.3, 0.4) is 0 Å². The number of nitrogens with one attached hydrogen (secondary N) is 1. The van der Waals surface area contributed by atoms with Crippen LogP contribution in [0.1, 0.15) is 39.9 Å². The maximum atomic E-state index is 12.4. The van der Waals surface area contributed by atoms with Crippen LogP contribution in [0.25, 0.3) is 0 Å². The summed E-state index contributed by atoms with van der Waals surface area (Å²) >= 11 is 3.52. The van der Waals surface area contributed by atoms with Gasteiger partial charge in [-0.15, -0.1) is 0 Å². The zero-order valence-electron chi connectivity index (χ0n) is 12.7. The average Bonchev–Trinajstić information content (AvgIpc) is 2.43. The molecule has 0 unspecified atom stereocenters. The molecular formula is C16H23BrNO2+. The number of ether oxygens (including phenoxy) is 1. The smallest absolute Gasteiger partial charge is 0.338 e. The SMILES string of the molecule is Cc1c(Br)cc(C(=O)OC2CC[NH+](C)CC2)c(C)c1C. The molecule has 1 fully saturated rings. The summed E-state index contributed by atoms with van der Waals surface area (Å²) in [5, 5.41) is 0. The highest BCUT2D eigenvalue weighted by Gasteiger charge is 2.24. The van der Waals surface area contributed by atoms with Crippen LogP contribution in [0, 0.1) is 20.8 Å². The summed E-state index contributed by atoms with van der Waals surface area (Å²) in [5.41, 5.74) is 4.04. The second kappa shape index (κ2) is 6.27. The molecule has 1 aliphatic heterocycles. The minimum atomic E-state index is -0.184. The van der Waals surface area contributed by atoms with Gasteiger partial charge in [-0.1, -0.05) is 15.9 Å². The number of carbonyl (C=O) groups excluding carboxylic acids is 1. The largest absolute Gasteiger partial charge is 0.458 e. The van der Waals surface area contributed by atoms with Crippen molar-refractivity contribution < 1.29 is 14.4 Å². The second-order valence-electron chi connectivity index (χ2n) is 5.84. The van der Waals surface area contributed by atoms with E-state index in [0.717, 1.165) is 41.5 Å². The average molecular weight is 341 g/mol. The van der Waals surface area contributed by atoms with E-state index in [1.165, 1.54) is 10.5 Å². The molecule has 1 aromatic carbocycles. The van der Waals surface area contributed by atoms with Crippen molar-refractivity contribution in [3.05, 3.63) is 32.8 Å². The van der Waals surface area contributed by atoms with Gasteiger partial charge in [-0.25, -0.2) is 4.79 Å². The highest BCUT2D eigenvalue weighted by Crippen LogP contribution is 2.26. The summed E-state index contributed by atoms with van der Waals surface area (Å²) in [5.74, 6) is -0.184. The van der Waals surface area contributed by atoms with Gasteiger partial charge in [0.25, 0.3) is 0 Å². The first-order chi connectivity index (χ1) is 9.40. The molecule has 0 atom stereocenters. The van der Waals surface area contributed by atoms with Crippen LogP contribution in [-0.4, -0.2) is 32.2 Å². The van der Waals surface area contributed by atoms with Gasteiger partial charge in [-0.05, 0) is 43.5 Å². The van der Waals surface area contributed by atoms with E-state index in [9.17, 15) is 4.79 Å². The van der Waals surface area contributed by atoms with Crippen molar-refractivity contribution in [1.82, 2.24) is 0 Å². The Kier molecular flexibility index (Phi) is 4.86. The number of hydrogen-bond donors (Lipinski definition) is 1. The summed E-state index contributed by atoms with van der Waals surface area (Å²) in [7, 11) is 2.18. The van der Waals surface area contributed by atoms with Gasteiger partial charge >= 0.3 is 5.97 Å². The lowest BCUT2D eigenvalue weighted by Gasteiger charge is -2.26. The number of quaternary nitrogens is 1. The van der Waals surface area contributed by atoms with Gasteiger partial charge in [-0.2, -0.15) is 0 Å². The Labute approximate surface area is 129 Å². The monoisotopic (exact) mass is 340 g/mol. The Hall–Kier alpha value is -0.870. The van der Waals surface area contributed by atoms with E-state index in [1.54, 1.807) is 0 Å². The molecule has 0 aliphatic carbocycles. The molecule has 0 aromatic heterocycles. The van der Waals surface area contributed by atoms with Crippen LogP contribution in [0.15, 0.2) is 10.5 Å². The Morgan fingerprint density at radius 3 is 2.40 bits per heavy atom. The third-order valence-electron chi connectivity index (χ3n) is 4.44. The topological polar surface area (TPSA) is 30.7 Å². The highest BCUT2D eigenvalue weighted by molar-refractivity contribution is 9.10. The van der Waals surface area contributed by atoms with Gasteiger partial charge in [0, 0.05) is 17.3 Å². The molecule has 1 heterocycles. The summed E-state index contributed by atoms with van der Waals surface area (Å²) in [6.45, 7) is 8.25. The molecule has 0 bridgehead atoms. The molecule has 1 aromatic rings. The second-order valence-corrected chi connectivity index (χ2v) is 6.70. The molecule has 2 rings (SSSR count). The van der Waals surface area contributed by atoms with E-state index in [2.05, 4.69) is 29.9 Å². The summed E-state index contributed by atoms with van der Waals surface area (Å²) in [6, 6.07) is 1.89. The molecule has 110 valence electrons. The quantitative estimate of drug-likeness (QED) is 0.836. The molecular weight excluding hydrogens is 318 g/mol. The molecule has 0 amide bonds.